The average Bonchev–Trinajstić information content (AvgIpc) is 2.83. The van der Waals surface area contributed by atoms with Crippen molar-refractivity contribution in [3.05, 3.63) is 81.6 Å². The molecule has 4 aromatic rings. The largest absolute Gasteiger partial charge is 0.493 e. The fourth-order valence-electron chi connectivity index (χ4n) is 3.66. The third kappa shape index (κ3) is 4.54. The zero-order valence-electron chi connectivity index (χ0n) is 19.3. The number of ether oxygens (including phenoxy) is 3. The Morgan fingerprint density at radius 3 is 2.09 bits per heavy atom. The first-order chi connectivity index (χ1) is 15.9. The molecular weight excluding hydrogens is 436 g/mol. The van der Waals surface area contributed by atoms with E-state index >= 15 is 0 Å². The topological polar surface area (TPSA) is 62.6 Å². The Labute approximate surface area is 197 Å². The van der Waals surface area contributed by atoms with E-state index in [1.165, 1.54) is 11.8 Å². The fourth-order valence-corrected chi connectivity index (χ4v) is 4.61. The van der Waals surface area contributed by atoms with Crippen LogP contribution in [-0.4, -0.2) is 30.9 Å². The highest BCUT2D eigenvalue weighted by molar-refractivity contribution is 7.98. The van der Waals surface area contributed by atoms with Crippen LogP contribution in [0.1, 0.15) is 16.7 Å². The van der Waals surface area contributed by atoms with Crippen LogP contribution in [0.3, 0.4) is 0 Å². The highest BCUT2D eigenvalue weighted by atomic mass is 32.2. The lowest BCUT2D eigenvalue weighted by Gasteiger charge is -2.16. The fraction of sp³-hybridized carbons (Fsp3) is 0.231. The van der Waals surface area contributed by atoms with Gasteiger partial charge in [-0.05, 0) is 55.8 Å². The molecule has 0 aliphatic heterocycles. The molecule has 3 aromatic carbocycles. The van der Waals surface area contributed by atoms with Crippen LogP contribution in [0, 0.1) is 13.8 Å². The summed E-state index contributed by atoms with van der Waals surface area (Å²) in [5, 5.41) is 1.22. The van der Waals surface area contributed by atoms with Crippen molar-refractivity contribution in [2.75, 3.05) is 21.3 Å². The summed E-state index contributed by atoms with van der Waals surface area (Å²) in [5.41, 5.74) is 4.50. The van der Waals surface area contributed by atoms with Crippen molar-refractivity contribution in [1.29, 1.82) is 0 Å². The maximum Gasteiger partial charge on any atom is 0.266 e. The van der Waals surface area contributed by atoms with Crippen molar-refractivity contribution in [2.24, 2.45) is 0 Å². The third-order valence-corrected chi connectivity index (χ3v) is 6.39. The van der Waals surface area contributed by atoms with Crippen molar-refractivity contribution in [1.82, 2.24) is 9.55 Å². The van der Waals surface area contributed by atoms with Crippen LogP contribution in [0.25, 0.3) is 16.6 Å². The van der Waals surface area contributed by atoms with Gasteiger partial charge in [-0.3, -0.25) is 9.36 Å². The molecule has 6 nitrogen and oxygen atoms in total. The first kappa shape index (κ1) is 22.7. The van der Waals surface area contributed by atoms with Gasteiger partial charge in [0.2, 0.25) is 5.75 Å². The number of aromatic nitrogens is 2. The molecule has 0 aliphatic rings. The molecule has 0 saturated carbocycles. The standard InChI is InChI=1S/C26H26N2O4S/c1-16-6-9-19(10-7-16)28-25(29)20-12-17(2)8-11-21(20)27-26(28)33-15-18-13-22(30-3)24(32-5)23(14-18)31-4/h6-14H,15H2,1-5H3. The predicted octanol–water partition coefficient (Wildman–Crippen LogP) is 5.32. The van der Waals surface area contributed by atoms with Gasteiger partial charge in [-0.25, -0.2) is 4.98 Å². The van der Waals surface area contributed by atoms with Gasteiger partial charge >= 0.3 is 0 Å². The predicted molar refractivity (Wildman–Crippen MR) is 132 cm³/mol. The molecule has 33 heavy (non-hydrogen) atoms. The molecule has 1 aromatic heterocycles. The Morgan fingerprint density at radius 1 is 0.848 bits per heavy atom. The molecule has 0 atom stereocenters. The maximum absolute atomic E-state index is 13.5. The van der Waals surface area contributed by atoms with E-state index in [-0.39, 0.29) is 5.56 Å². The zero-order chi connectivity index (χ0) is 23.5. The van der Waals surface area contributed by atoms with E-state index in [9.17, 15) is 4.79 Å². The summed E-state index contributed by atoms with van der Waals surface area (Å²) in [6, 6.07) is 17.5. The molecule has 0 radical (unpaired) electrons. The molecule has 170 valence electrons. The SMILES string of the molecule is COc1cc(CSc2nc3ccc(C)cc3c(=O)n2-c2ccc(C)cc2)cc(OC)c1OC. The summed E-state index contributed by atoms with van der Waals surface area (Å²) in [7, 11) is 4.77. The van der Waals surface area contributed by atoms with Crippen molar-refractivity contribution in [3.63, 3.8) is 0 Å². The van der Waals surface area contributed by atoms with Crippen molar-refractivity contribution < 1.29 is 14.2 Å². The van der Waals surface area contributed by atoms with E-state index in [0.717, 1.165) is 22.4 Å². The lowest BCUT2D eigenvalue weighted by atomic mass is 10.1. The Balaban J connectivity index is 1.80. The second-order valence-electron chi connectivity index (χ2n) is 7.71. The normalized spacial score (nSPS) is 10.9. The van der Waals surface area contributed by atoms with Gasteiger partial charge in [0.05, 0.1) is 37.9 Å². The Bertz CT molecular complexity index is 1340. The van der Waals surface area contributed by atoms with Crippen molar-refractivity contribution in [2.45, 2.75) is 24.8 Å². The molecule has 0 saturated heterocycles. The van der Waals surface area contributed by atoms with Crippen LogP contribution in [0.15, 0.2) is 64.5 Å². The number of rotatable bonds is 7. The minimum Gasteiger partial charge on any atom is -0.493 e. The minimum atomic E-state index is -0.0834. The highest BCUT2D eigenvalue weighted by Gasteiger charge is 2.16. The number of fused-ring (bicyclic) bond motifs is 1. The monoisotopic (exact) mass is 462 g/mol. The lowest BCUT2D eigenvalue weighted by molar-refractivity contribution is 0.324. The summed E-state index contributed by atoms with van der Waals surface area (Å²) in [5.74, 6) is 2.28. The van der Waals surface area contributed by atoms with Crippen LogP contribution in [-0.2, 0) is 5.75 Å². The van der Waals surface area contributed by atoms with Crippen LogP contribution in [0.4, 0.5) is 0 Å². The van der Waals surface area contributed by atoms with Gasteiger partial charge in [0.25, 0.3) is 5.56 Å². The van der Waals surface area contributed by atoms with Gasteiger partial charge in [-0.15, -0.1) is 0 Å². The molecule has 1 heterocycles. The van der Waals surface area contributed by atoms with E-state index in [1.807, 2.05) is 68.4 Å². The number of methoxy groups -OCH3 is 3. The Morgan fingerprint density at radius 2 is 1.48 bits per heavy atom. The Kier molecular flexibility index (Phi) is 6.60. The van der Waals surface area contributed by atoms with E-state index in [0.29, 0.717) is 39.1 Å². The van der Waals surface area contributed by atoms with Crippen molar-refractivity contribution in [3.8, 4) is 22.9 Å². The third-order valence-electron chi connectivity index (χ3n) is 5.38. The molecule has 0 unspecified atom stereocenters. The molecule has 4 rings (SSSR count). The van der Waals surface area contributed by atoms with Crippen LogP contribution in [0.5, 0.6) is 17.2 Å². The van der Waals surface area contributed by atoms with Gasteiger partial charge in [-0.1, -0.05) is 41.1 Å². The number of benzene rings is 3. The first-order valence-corrected chi connectivity index (χ1v) is 11.5. The van der Waals surface area contributed by atoms with Gasteiger partial charge < -0.3 is 14.2 Å². The summed E-state index contributed by atoms with van der Waals surface area (Å²) < 4.78 is 18.1. The van der Waals surface area contributed by atoms with Gasteiger partial charge in [-0.2, -0.15) is 0 Å². The second kappa shape index (κ2) is 9.58. The summed E-state index contributed by atoms with van der Waals surface area (Å²) in [4.78, 5) is 18.4. The Hall–Kier alpha value is -3.45. The molecule has 0 fully saturated rings. The lowest BCUT2D eigenvalue weighted by Crippen LogP contribution is -2.21. The van der Waals surface area contributed by atoms with Crippen LogP contribution in [0.2, 0.25) is 0 Å². The van der Waals surface area contributed by atoms with Gasteiger partial charge in [0.15, 0.2) is 16.7 Å². The molecule has 0 N–H and O–H groups in total. The number of hydrogen-bond acceptors (Lipinski definition) is 6. The maximum atomic E-state index is 13.5. The van der Waals surface area contributed by atoms with E-state index in [1.54, 1.807) is 25.9 Å². The number of nitrogens with zero attached hydrogens (tertiary/aromatic N) is 2. The number of thioether (sulfide) groups is 1. The molecule has 0 spiro atoms. The van der Waals surface area contributed by atoms with Gasteiger partial charge in [0, 0.05) is 5.75 Å². The second-order valence-corrected chi connectivity index (χ2v) is 8.66. The molecule has 0 bridgehead atoms. The summed E-state index contributed by atoms with van der Waals surface area (Å²) in [6.07, 6.45) is 0. The summed E-state index contributed by atoms with van der Waals surface area (Å²) >= 11 is 1.48. The molecule has 7 heteroatoms. The van der Waals surface area contributed by atoms with E-state index in [2.05, 4.69) is 0 Å². The number of aryl methyl sites for hydroxylation is 2. The van der Waals surface area contributed by atoms with Gasteiger partial charge in [0.1, 0.15) is 0 Å². The average molecular weight is 463 g/mol. The first-order valence-electron chi connectivity index (χ1n) is 10.5. The summed E-state index contributed by atoms with van der Waals surface area (Å²) in [6.45, 7) is 4.00. The van der Waals surface area contributed by atoms with Crippen LogP contribution >= 0.6 is 11.8 Å². The molecule has 0 aliphatic carbocycles. The molecule has 0 amide bonds. The van der Waals surface area contributed by atoms with E-state index < -0.39 is 0 Å². The van der Waals surface area contributed by atoms with Crippen LogP contribution < -0.4 is 19.8 Å². The van der Waals surface area contributed by atoms with Crippen molar-refractivity contribution >= 4 is 22.7 Å². The smallest absolute Gasteiger partial charge is 0.266 e. The number of hydrogen-bond donors (Lipinski definition) is 0. The minimum absolute atomic E-state index is 0.0834. The van der Waals surface area contributed by atoms with E-state index in [4.69, 9.17) is 19.2 Å². The quantitative estimate of drug-likeness (QED) is 0.274. The highest BCUT2D eigenvalue weighted by Crippen LogP contribution is 2.39. The molecular formula is C26H26N2O4S. The zero-order valence-corrected chi connectivity index (χ0v) is 20.2.